The van der Waals surface area contributed by atoms with Crippen molar-refractivity contribution in [1.82, 2.24) is 9.55 Å². The summed E-state index contributed by atoms with van der Waals surface area (Å²) < 4.78 is 2.08. The molecular formula is C22H23N3O. The summed E-state index contributed by atoms with van der Waals surface area (Å²) in [6, 6.07) is 15.1. The topological polar surface area (TPSA) is 60.9 Å². The molecule has 4 rings (SSSR count). The van der Waals surface area contributed by atoms with Crippen LogP contribution in [-0.4, -0.2) is 15.5 Å². The molecular weight excluding hydrogens is 322 g/mol. The Bertz CT molecular complexity index is 970. The molecule has 4 nitrogen and oxygen atoms in total. The average molecular weight is 345 g/mol. The Morgan fingerprint density at radius 3 is 2.54 bits per heavy atom. The summed E-state index contributed by atoms with van der Waals surface area (Å²) in [5.74, 6) is 0.735. The third-order valence-electron chi connectivity index (χ3n) is 5.28. The lowest BCUT2D eigenvalue weighted by Crippen LogP contribution is -2.31. The van der Waals surface area contributed by atoms with Crippen molar-refractivity contribution in [3.8, 4) is 22.4 Å². The fraction of sp³-hybridized carbons (Fsp3) is 0.273. The minimum Gasteiger partial charge on any atom is -0.369 e. The number of hydrogen-bond acceptors (Lipinski definition) is 2. The number of carbonyl (C=O) groups excluding carboxylic acids is 1. The van der Waals surface area contributed by atoms with Crippen molar-refractivity contribution in [3.05, 3.63) is 65.6 Å². The van der Waals surface area contributed by atoms with E-state index in [1.54, 1.807) is 0 Å². The van der Waals surface area contributed by atoms with Crippen LogP contribution in [0, 0.1) is 19.8 Å². The van der Waals surface area contributed by atoms with Crippen LogP contribution in [0.15, 0.2) is 48.7 Å². The summed E-state index contributed by atoms with van der Waals surface area (Å²) in [6.07, 6.45) is 3.64. The molecule has 0 aliphatic carbocycles. The largest absolute Gasteiger partial charge is 0.369 e. The Labute approximate surface area is 153 Å². The van der Waals surface area contributed by atoms with E-state index in [2.05, 4.69) is 67.1 Å². The fourth-order valence-corrected chi connectivity index (χ4v) is 3.68. The molecule has 0 bridgehead atoms. The van der Waals surface area contributed by atoms with E-state index in [1.165, 1.54) is 22.3 Å². The zero-order valence-corrected chi connectivity index (χ0v) is 15.2. The van der Waals surface area contributed by atoms with Crippen molar-refractivity contribution in [2.75, 3.05) is 0 Å². The van der Waals surface area contributed by atoms with E-state index in [4.69, 9.17) is 10.7 Å². The SMILES string of the molecule is Cc1ccc(-c2ccc(-c3cn4c(n3)CCC(C(N)=O)C4)c(C)c2)cc1. The number of hydrogen-bond donors (Lipinski definition) is 1. The van der Waals surface area contributed by atoms with Crippen molar-refractivity contribution in [3.63, 3.8) is 0 Å². The van der Waals surface area contributed by atoms with Crippen LogP contribution in [0.5, 0.6) is 0 Å². The van der Waals surface area contributed by atoms with Gasteiger partial charge < -0.3 is 10.3 Å². The molecule has 26 heavy (non-hydrogen) atoms. The van der Waals surface area contributed by atoms with Gasteiger partial charge in [-0.05, 0) is 37.0 Å². The quantitative estimate of drug-likeness (QED) is 0.783. The van der Waals surface area contributed by atoms with Gasteiger partial charge in [0.1, 0.15) is 5.82 Å². The van der Waals surface area contributed by atoms with Gasteiger partial charge in [-0.1, -0.05) is 48.0 Å². The first-order chi connectivity index (χ1) is 12.5. The molecule has 1 aromatic heterocycles. The third kappa shape index (κ3) is 3.03. The normalized spacial score (nSPS) is 16.3. The molecule has 1 aliphatic heterocycles. The van der Waals surface area contributed by atoms with Crippen LogP contribution in [0.2, 0.25) is 0 Å². The molecule has 0 radical (unpaired) electrons. The van der Waals surface area contributed by atoms with Gasteiger partial charge in [-0.2, -0.15) is 0 Å². The molecule has 132 valence electrons. The standard InChI is InChI=1S/C22H23N3O/c1-14-3-5-16(6-4-14)17-7-9-19(15(2)11-17)20-13-25-12-18(22(23)26)8-10-21(25)24-20/h3-7,9,11,13,18H,8,10,12H2,1-2H3,(H2,23,26). The zero-order valence-electron chi connectivity index (χ0n) is 15.2. The third-order valence-corrected chi connectivity index (χ3v) is 5.28. The zero-order chi connectivity index (χ0) is 18.3. The summed E-state index contributed by atoms with van der Waals surface area (Å²) in [7, 11) is 0. The molecule has 1 atom stereocenters. The van der Waals surface area contributed by atoms with Gasteiger partial charge in [0, 0.05) is 24.7 Å². The van der Waals surface area contributed by atoms with Gasteiger partial charge in [-0.15, -0.1) is 0 Å². The lowest BCUT2D eigenvalue weighted by Gasteiger charge is -2.20. The van der Waals surface area contributed by atoms with E-state index in [0.717, 1.165) is 29.9 Å². The Morgan fingerprint density at radius 1 is 1.12 bits per heavy atom. The van der Waals surface area contributed by atoms with E-state index in [-0.39, 0.29) is 11.8 Å². The molecule has 1 amide bonds. The molecule has 2 N–H and O–H groups in total. The van der Waals surface area contributed by atoms with Crippen LogP contribution in [0.3, 0.4) is 0 Å². The second kappa shape index (κ2) is 6.45. The minimum atomic E-state index is -0.218. The molecule has 2 aromatic carbocycles. The van der Waals surface area contributed by atoms with Crippen LogP contribution in [-0.2, 0) is 17.8 Å². The summed E-state index contributed by atoms with van der Waals surface area (Å²) in [4.78, 5) is 16.3. The molecule has 1 aliphatic rings. The second-order valence-electron chi connectivity index (χ2n) is 7.23. The van der Waals surface area contributed by atoms with E-state index in [9.17, 15) is 4.79 Å². The first-order valence-electron chi connectivity index (χ1n) is 9.04. The Hall–Kier alpha value is -2.88. The molecule has 3 aromatic rings. The Morgan fingerprint density at radius 2 is 1.85 bits per heavy atom. The van der Waals surface area contributed by atoms with Crippen molar-refractivity contribution in [1.29, 1.82) is 0 Å². The summed E-state index contributed by atoms with van der Waals surface area (Å²) in [6.45, 7) is 4.86. The first kappa shape index (κ1) is 16.6. The van der Waals surface area contributed by atoms with E-state index in [0.29, 0.717) is 6.54 Å². The van der Waals surface area contributed by atoms with Crippen LogP contribution >= 0.6 is 0 Å². The summed E-state index contributed by atoms with van der Waals surface area (Å²) in [5, 5.41) is 0. The molecule has 0 saturated heterocycles. The van der Waals surface area contributed by atoms with Gasteiger partial charge in [-0.25, -0.2) is 4.98 Å². The molecule has 4 heteroatoms. The highest BCUT2D eigenvalue weighted by Gasteiger charge is 2.24. The number of amides is 1. The van der Waals surface area contributed by atoms with E-state index < -0.39 is 0 Å². The highest BCUT2D eigenvalue weighted by molar-refractivity contribution is 5.77. The average Bonchev–Trinajstić information content (AvgIpc) is 3.05. The number of aromatic nitrogens is 2. The minimum absolute atomic E-state index is 0.0884. The number of nitrogens with two attached hydrogens (primary N) is 1. The van der Waals surface area contributed by atoms with Gasteiger partial charge in [-0.3, -0.25) is 4.79 Å². The molecule has 1 unspecified atom stereocenters. The molecule has 0 spiro atoms. The van der Waals surface area contributed by atoms with Gasteiger partial charge in [0.15, 0.2) is 0 Å². The van der Waals surface area contributed by atoms with Gasteiger partial charge in [0.25, 0.3) is 0 Å². The van der Waals surface area contributed by atoms with Crippen LogP contribution < -0.4 is 5.73 Å². The lowest BCUT2D eigenvalue weighted by atomic mass is 9.98. The number of fused-ring (bicyclic) bond motifs is 1. The Balaban J connectivity index is 1.65. The maximum absolute atomic E-state index is 11.5. The van der Waals surface area contributed by atoms with Crippen LogP contribution in [0.25, 0.3) is 22.4 Å². The number of primary amides is 1. The number of imidazole rings is 1. The summed E-state index contributed by atoms with van der Waals surface area (Å²) in [5.41, 5.74) is 12.5. The first-order valence-corrected chi connectivity index (χ1v) is 9.04. The highest BCUT2D eigenvalue weighted by atomic mass is 16.1. The monoisotopic (exact) mass is 345 g/mol. The van der Waals surface area contributed by atoms with E-state index in [1.807, 2.05) is 0 Å². The molecule has 2 heterocycles. The second-order valence-corrected chi connectivity index (χ2v) is 7.23. The van der Waals surface area contributed by atoms with Crippen molar-refractivity contribution in [2.24, 2.45) is 11.7 Å². The maximum atomic E-state index is 11.5. The fourth-order valence-electron chi connectivity index (χ4n) is 3.68. The van der Waals surface area contributed by atoms with Gasteiger partial charge in [0.05, 0.1) is 11.6 Å². The van der Waals surface area contributed by atoms with Gasteiger partial charge in [0.2, 0.25) is 5.91 Å². The predicted molar refractivity (Wildman–Crippen MR) is 104 cm³/mol. The van der Waals surface area contributed by atoms with Crippen molar-refractivity contribution in [2.45, 2.75) is 33.2 Å². The lowest BCUT2D eigenvalue weighted by molar-refractivity contribution is -0.122. The summed E-state index contributed by atoms with van der Waals surface area (Å²) >= 11 is 0. The smallest absolute Gasteiger partial charge is 0.222 e. The van der Waals surface area contributed by atoms with Crippen LogP contribution in [0.4, 0.5) is 0 Å². The van der Waals surface area contributed by atoms with E-state index >= 15 is 0 Å². The molecule has 0 saturated carbocycles. The number of carbonyl (C=O) groups is 1. The highest BCUT2D eigenvalue weighted by Crippen LogP contribution is 2.30. The maximum Gasteiger partial charge on any atom is 0.222 e. The number of nitrogens with zero attached hydrogens (tertiary/aromatic N) is 2. The van der Waals surface area contributed by atoms with Crippen molar-refractivity contribution < 1.29 is 4.79 Å². The molecule has 0 fully saturated rings. The van der Waals surface area contributed by atoms with Crippen LogP contribution in [0.1, 0.15) is 23.4 Å². The van der Waals surface area contributed by atoms with Crippen molar-refractivity contribution >= 4 is 5.91 Å². The van der Waals surface area contributed by atoms with Gasteiger partial charge >= 0.3 is 0 Å². The Kier molecular flexibility index (Phi) is 4.11. The number of aryl methyl sites for hydroxylation is 3. The number of rotatable bonds is 3. The predicted octanol–water partition coefficient (Wildman–Crippen LogP) is 3.88. The number of benzene rings is 2.